The molecule has 370 valence electrons. The number of hydrogen-bond donors (Lipinski definition) is 4. The molecule has 0 bridgehead atoms. The molecular weight excluding hydrogens is 927 g/mol. The van der Waals surface area contributed by atoms with Gasteiger partial charge in [0.1, 0.15) is 5.75 Å². The van der Waals surface area contributed by atoms with E-state index in [1.165, 1.54) is 38.5 Å². The number of ether oxygens (including phenoxy) is 3. The van der Waals surface area contributed by atoms with Gasteiger partial charge in [-0.1, -0.05) is 71.9 Å². The van der Waals surface area contributed by atoms with Crippen molar-refractivity contribution in [2.75, 3.05) is 21.3 Å². The van der Waals surface area contributed by atoms with Crippen LogP contribution in [0.2, 0.25) is 0 Å². The number of phenolic OH excluding ortho intramolecular Hbond substituents is 2. The molecule has 4 rings (SSSR count). The van der Waals surface area contributed by atoms with E-state index in [0.717, 1.165) is 35.9 Å². The zero-order valence-electron chi connectivity index (χ0n) is 38.2. The Balaban J connectivity index is 0.000000358. The van der Waals surface area contributed by atoms with Gasteiger partial charge >= 0.3 is 31.3 Å². The predicted molar refractivity (Wildman–Crippen MR) is 235 cm³/mol. The summed E-state index contributed by atoms with van der Waals surface area (Å²) in [6, 6.07) is 17.9. The Labute approximate surface area is 382 Å². The topological polar surface area (TPSA) is 195 Å². The molecule has 0 aliphatic heterocycles. The van der Waals surface area contributed by atoms with Gasteiger partial charge in [0.05, 0.1) is 32.5 Å². The summed E-state index contributed by atoms with van der Waals surface area (Å²) >= 11 is 0. The van der Waals surface area contributed by atoms with E-state index in [1.807, 2.05) is 33.8 Å². The molecule has 13 nitrogen and oxygen atoms in total. The van der Waals surface area contributed by atoms with Gasteiger partial charge in [-0.05, 0) is 116 Å². The maximum Gasteiger partial charge on any atom is 0.534 e. The van der Waals surface area contributed by atoms with E-state index in [2.05, 4.69) is 8.37 Å². The summed E-state index contributed by atoms with van der Waals surface area (Å²) in [6.07, 6.45) is 3.31. The number of aryl methyl sites for hydroxylation is 1. The number of hydrogen-bond acceptors (Lipinski definition) is 13. The van der Waals surface area contributed by atoms with Crippen LogP contribution in [0.3, 0.4) is 0 Å². The van der Waals surface area contributed by atoms with Crippen LogP contribution in [0.1, 0.15) is 108 Å². The summed E-state index contributed by atoms with van der Waals surface area (Å²) in [5.41, 5.74) is -10.1. The normalized spacial score (nSPS) is 12.5. The number of halogens is 6. The number of aromatic hydroxyl groups is 2. The Morgan fingerprint density at radius 3 is 1.12 bits per heavy atom. The molecule has 4 N–H and O–H groups in total. The third-order valence-corrected chi connectivity index (χ3v) is 13.3. The monoisotopic (exact) mass is 984 g/mol. The van der Waals surface area contributed by atoms with E-state index in [9.17, 15) is 63.6 Å². The lowest BCUT2D eigenvalue weighted by atomic mass is 9.70. The number of methoxy groups -OCH3 is 3. The summed E-state index contributed by atoms with van der Waals surface area (Å²) < 4.78 is 143. The molecule has 0 heterocycles. The average molecular weight is 985 g/mol. The van der Waals surface area contributed by atoms with Crippen LogP contribution in [-0.2, 0) is 36.9 Å². The lowest BCUT2D eigenvalue weighted by Crippen LogP contribution is -2.28. The van der Waals surface area contributed by atoms with Crippen molar-refractivity contribution in [3.05, 3.63) is 101 Å². The molecule has 21 heteroatoms. The quantitative estimate of drug-likeness (QED) is 0.0444. The summed E-state index contributed by atoms with van der Waals surface area (Å²) in [6.45, 7) is 13.1. The summed E-state index contributed by atoms with van der Waals surface area (Å²) in [5.74, 6) is -0.838. The lowest BCUT2D eigenvalue weighted by molar-refractivity contribution is -0.0505. The largest absolute Gasteiger partial charge is 0.534 e. The number of alkyl halides is 6. The van der Waals surface area contributed by atoms with Crippen LogP contribution < -0.4 is 22.6 Å². The summed E-state index contributed by atoms with van der Waals surface area (Å²) in [4.78, 5) is 0. The van der Waals surface area contributed by atoms with E-state index in [4.69, 9.17) is 14.2 Å². The molecule has 0 saturated heterocycles. The molecule has 0 unspecified atom stereocenters. The van der Waals surface area contributed by atoms with Crippen LogP contribution in [-0.4, -0.2) is 69.6 Å². The Morgan fingerprint density at radius 2 is 0.773 bits per heavy atom. The lowest BCUT2D eigenvalue weighted by Gasteiger charge is -2.34. The zero-order chi connectivity index (χ0) is 50.7. The van der Waals surface area contributed by atoms with Crippen LogP contribution in [0.15, 0.2) is 72.8 Å². The van der Waals surface area contributed by atoms with Gasteiger partial charge in [-0.25, -0.2) is 0 Å². The molecule has 0 spiro atoms. The van der Waals surface area contributed by atoms with Crippen LogP contribution >= 0.6 is 0 Å². The van der Waals surface area contributed by atoms with Gasteiger partial charge in [-0.3, -0.25) is 0 Å². The first-order chi connectivity index (χ1) is 30.5. The number of benzene rings is 4. The van der Waals surface area contributed by atoms with Crippen molar-refractivity contribution < 1.29 is 86.2 Å². The van der Waals surface area contributed by atoms with E-state index >= 15 is 0 Å². The molecule has 0 aliphatic rings. The first-order valence-corrected chi connectivity index (χ1v) is 23.3. The van der Waals surface area contributed by atoms with Crippen molar-refractivity contribution in [3.63, 3.8) is 0 Å². The molecule has 0 radical (unpaired) electrons. The van der Waals surface area contributed by atoms with Gasteiger partial charge in [-0.2, -0.15) is 43.2 Å². The molecule has 4 aromatic rings. The molecule has 0 fully saturated rings. The summed E-state index contributed by atoms with van der Waals surface area (Å²) in [7, 11) is -7.73. The molecule has 0 atom stereocenters. The van der Waals surface area contributed by atoms with E-state index in [0.29, 0.717) is 55.4 Å². The Bertz CT molecular complexity index is 2440. The minimum absolute atomic E-state index is 0.0933. The second-order valence-corrected chi connectivity index (χ2v) is 17.9. The van der Waals surface area contributed by atoms with E-state index in [-0.39, 0.29) is 23.0 Å². The standard InChI is InChI=1S/C20H23F3O5S.C13H17F3O5S.C12H18O3/c1-5-19(6-2,14-7-9-16(24)13(3)11-14)15-8-10-17(18(12-15)27-4)28-29(25,26)20(21,22)23;1-4-12(17,5-2)9-6-7-10(11(8-9)20-3)21-22(18,19)13(14,15)16;1-4-12(14,5-2)9-6-7-10(13)11(8-9)15-3/h7-12,24H,5-6H2,1-4H3;6-8,17H,4-5H2,1-3H3;6-8,13-14H,4-5H2,1-3H3. The number of rotatable bonds is 17. The fourth-order valence-corrected chi connectivity index (χ4v) is 7.80. The fraction of sp³-hybridized carbons (Fsp3) is 0.467. The van der Waals surface area contributed by atoms with Gasteiger partial charge in [0.25, 0.3) is 0 Å². The van der Waals surface area contributed by atoms with Crippen molar-refractivity contribution in [3.8, 4) is 40.2 Å². The maximum atomic E-state index is 12.7. The first-order valence-electron chi connectivity index (χ1n) is 20.5. The van der Waals surface area contributed by atoms with Crippen LogP contribution in [0.25, 0.3) is 0 Å². The highest BCUT2D eigenvalue weighted by Crippen LogP contribution is 2.44. The molecule has 0 aromatic heterocycles. The smallest absolute Gasteiger partial charge is 0.508 e. The SMILES string of the molecule is CCC(CC)(c1ccc(O)c(C)c1)c1ccc(OS(=O)(=O)C(F)(F)F)c(OC)c1.CCC(O)(CC)c1ccc(O)c(OC)c1.CCC(O)(CC)c1ccc(OS(=O)(=O)C(F)(F)F)c(OC)c1. The third-order valence-electron chi connectivity index (χ3n) is 11.4. The molecular formula is C45H58F6O13S2. The maximum absolute atomic E-state index is 12.7. The molecule has 4 aromatic carbocycles. The minimum atomic E-state index is -5.81. The van der Waals surface area contributed by atoms with E-state index < -0.39 is 59.4 Å². The van der Waals surface area contributed by atoms with E-state index in [1.54, 1.807) is 51.1 Å². The highest BCUT2D eigenvalue weighted by atomic mass is 32.2. The summed E-state index contributed by atoms with van der Waals surface area (Å²) in [5, 5.41) is 39.9. The van der Waals surface area contributed by atoms with Gasteiger partial charge in [0.2, 0.25) is 0 Å². The van der Waals surface area contributed by atoms with Crippen LogP contribution in [0.5, 0.6) is 40.2 Å². The van der Waals surface area contributed by atoms with Gasteiger partial charge in [0.15, 0.2) is 34.5 Å². The fourth-order valence-electron chi connectivity index (χ4n) is 6.86. The van der Waals surface area contributed by atoms with Gasteiger partial charge in [-0.15, -0.1) is 0 Å². The van der Waals surface area contributed by atoms with Gasteiger partial charge < -0.3 is 43.0 Å². The Kier molecular flexibility index (Phi) is 19.5. The highest BCUT2D eigenvalue weighted by Gasteiger charge is 2.50. The molecule has 66 heavy (non-hydrogen) atoms. The van der Waals surface area contributed by atoms with Crippen molar-refractivity contribution >= 4 is 20.2 Å². The van der Waals surface area contributed by atoms with Crippen LogP contribution in [0, 0.1) is 6.92 Å². The first kappa shape index (κ1) is 57.0. The second kappa shape index (κ2) is 22.6. The number of aliphatic hydroxyl groups is 2. The third kappa shape index (κ3) is 13.1. The van der Waals surface area contributed by atoms with Crippen molar-refractivity contribution in [1.82, 2.24) is 0 Å². The molecule has 0 amide bonds. The molecule has 0 saturated carbocycles. The second-order valence-electron chi connectivity index (χ2n) is 14.9. The van der Waals surface area contributed by atoms with Crippen molar-refractivity contribution in [2.45, 2.75) is 115 Å². The average Bonchev–Trinajstić information content (AvgIpc) is 3.27. The highest BCUT2D eigenvalue weighted by molar-refractivity contribution is 7.88. The number of phenols is 2. The predicted octanol–water partition coefficient (Wildman–Crippen LogP) is 10.4. The Morgan fingerprint density at radius 1 is 0.455 bits per heavy atom. The zero-order valence-corrected chi connectivity index (χ0v) is 39.9. The van der Waals surface area contributed by atoms with Crippen molar-refractivity contribution in [2.24, 2.45) is 0 Å². The Hall–Kier alpha value is -5.12. The van der Waals surface area contributed by atoms with Gasteiger partial charge in [0, 0.05) is 5.41 Å². The molecule has 0 aliphatic carbocycles. The van der Waals surface area contributed by atoms with Crippen molar-refractivity contribution in [1.29, 1.82) is 0 Å². The minimum Gasteiger partial charge on any atom is -0.508 e. The van der Waals surface area contributed by atoms with Crippen LogP contribution in [0.4, 0.5) is 26.3 Å².